The first-order valence-corrected chi connectivity index (χ1v) is 10.4. The van der Waals surface area contributed by atoms with Crippen LogP contribution in [0.2, 0.25) is 0 Å². The van der Waals surface area contributed by atoms with Gasteiger partial charge in [-0.05, 0) is 42.3 Å². The number of fused-ring (bicyclic) bond motifs is 1. The van der Waals surface area contributed by atoms with Crippen molar-refractivity contribution in [3.05, 3.63) is 59.2 Å². The molecule has 2 heterocycles. The van der Waals surface area contributed by atoms with Gasteiger partial charge in [-0.25, -0.2) is 0 Å². The highest BCUT2D eigenvalue weighted by Gasteiger charge is 2.26. The Morgan fingerprint density at radius 2 is 2.00 bits per heavy atom. The maximum Gasteiger partial charge on any atom is 0.265 e. The van der Waals surface area contributed by atoms with E-state index in [1.165, 1.54) is 4.90 Å². The minimum absolute atomic E-state index is 0.0279. The second kappa shape index (κ2) is 9.28. The number of hydrogen-bond acceptors (Lipinski definition) is 4. The van der Waals surface area contributed by atoms with Crippen molar-refractivity contribution in [1.82, 2.24) is 5.32 Å². The fourth-order valence-electron chi connectivity index (χ4n) is 3.84. The van der Waals surface area contributed by atoms with E-state index in [2.05, 4.69) is 5.32 Å². The van der Waals surface area contributed by atoms with Crippen molar-refractivity contribution in [1.29, 1.82) is 0 Å². The van der Waals surface area contributed by atoms with Gasteiger partial charge in [0.05, 0.1) is 38.5 Å². The molecule has 1 fully saturated rings. The van der Waals surface area contributed by atoms with E-state index in [1.54, 1.807) is 11.0 Å². The predicted molar refractivity (Wildman–Crippen MR) is 113 cm³/mol. The Kier molecular flexibility index (Phi) is 6.30. The Balaban J connectivity index is 1.40. The van der Waals surface area contributed by atoms with Crippen molar-refractivity contribution in [3.63, 3.8) is 0 Å². The van der Waals surface area contributed by atoms with E-state index in [0.29, 0.717) is 24.4 Å². The van der Waals surface area contributed by atoms with Crippen LogP contribution in [0.25, 0.3) is 0 Å². The molecule has 2 aromatic carbocycles. The fourth-order valence-corrected chi connectivity index (χ4v) is 3.84. The van der Waals surface area contributed by atoms with Crippen LogP contribution in [0, 0.1) is 6.92 Å². The van der Waals surface area contributed by atoms with Gasteiger partial charge in [0.2, 0.25) is 0 Å². The lowest BCUT2D eigenvalue weighted by atomic mass is 10.1. The number of hydrogen-bond donors (Lipinski definition) is 2. The summed E-state index contributed by atoms with van der Waals surface area (Å²) < 4.78 is 10.9. The highest BCUT2D eigenvalue weighted by molar-refractivity contribution is 5.98. The summed E-state index contributed by atoms with van der Waals surface area (Å²) in [6.07, 6.45) is 0. The van der Waals surface area contributed by atoms with Gasteiger partial charge in [-0.2, -0.15) is 0 Å². The molecule has 0 aliphatic carbocycles. The Morgan fingerprint density at radius 3 is 2.83 bits per heavy atom. The lowest BCUT2D eigenvalue weighted by Crippen LogP contribution is -3.14. The first-order valence-electron chi connectivity index (χ1n) is 10.4. The third-order valence-corrected chi connectivity index (χ3v) is 5.55. The van der Waals surface area contributed by atoms with Crippen LogP contribution >= 0.6 is 0 Å². The van der Waals surface area contributed by atoms with Crippen molar-refractivity contribution in [2.45, 2.75) is 13.5 Å². The minimum Gasteiger partial charge on any atom is -0.482 e. The average Bonchev–Trinajstić information content (AvgIpc) is 2.77. The normalized spacial score (nSPS) is 16.7. The summed E-state index contributed by atoms with van der Waals surface area (Å²) in [5.74, 6) is 0.533. The molecule has 0 radical (unpaired) electrons. The topological polar surface area (TPSA) is 72.3 Å². The third kappa shape index (κ3) is 4.80. The quantitative estimate of drug-likeness (QED) is 0.730. The SMILES string of the molecule is Cc1ccc2c(c1)N(Cc1cccc(C(=O)NCC[NH+]3CCOCC3)c1)C(=O)CO2. The van der Waals surface area contributed by atoms with Crippen LogP contribution in [0.4, 0.5) is 5.69 Å². The van der Waals surface area contributed by atoms with Crippen LogP contribution in [0.5, 0.6) is 5.75 Å². The average molecular weight is 410 g/mol. The van der Waals surface area contributed by atoms with Gasteiger partial charge in [-0.1, -0.05) is 18.2 Å². The first-order chi connectivity index (χ1) is 14.6. The maximum absolute atomic E-state index is 12.6. The van der Waals surface area contributed by atoms with E-state index in [1.807, 2.05) is 43.3 Å². The van der Waals surface area contributed by atoms with Crippen LogP contribution in [-0.4, -0.2) is 57.8 Å². The molecule has 7 nitrogen and oxygen atoms in total. The van der Waals surface area contributed by atoms with Crippen molar-refractivity contribution in [2.24, 2.45) is 0 Å². The molecule has 2 amide bonds. The molecule has 2 aliphatic rings. The molecule has 0 spiro atoms. The van der Waals surface area contributed by atoms with E-state index < -0.39 is 0 Å². The number of anilines is 1. The molecule has 0 aromatic heterocycles. The van der Waals surface area contributed by atoms with Gasteiger partial charge in [0.1, 0.15) is 18.8 Å². The smallest absolute Gasteiger partial charge is 0.265 e. The zero-order valence-electron chi connectivity index (χ0n) is 17.3. The molecule has 1 saturated heterocycles. The lowest BCUT2D eigenvalue weighted by molar-refractivity contribution is -0.906. The van der Waals surface area contributed by atoms with Gasteiger partial charge >= 0.3 is 0 Å². The van der Waals surface area contributed by atoms with Gasteiger partial charge in [-0.3, -0.25) is 9.59 Å². The number of rotatable bonds is 6. The Bertz CT molecular complexity index is 924. The van der Waals surface area contributed by atoms with Crippen molar-refractivity contribution >= 4 is 17.5 Å². The molecule has 2 aliphatic heterocycles. The zero-order chi connectivity index (χ0) is 20.9. The summed E-state index contributed by atoms with van der Waals surface area (Å²) in [6.45, 7) is 7.49. The summed E-state index contributed by atoms with van der Waals surface area (Å²) in [4.78, 5) is 28.3. The molecular formula is C23H28N3O4+. The van der Waals surface area contributed by atoms with E-state index in [-0.39, 0.29) is 18.4 Å². The predicted octanol–water partition coefficient (Wildman–Crippen LogP) is 0.566. The number of nitrogens with one attached hydrogen (secondary N) is 2. The number of carbonyl (C=O) groups excluding carboxylic acids is 2. The van der Waals surface area contributed by atoms with Gasteiger partial charge in [0.25, 0.3) is 11.8 Å². The molecular weight excluding hydrogens is 382 g/mol. The monoisotopic (exact) mass is 410 g/mol. The fraction of sp³-hybridized carbons (Fsp3) is 0.391. The number of quaternary nitrogens is 1. The Hall–Kier alpha value is -2.90. The van der Waals surface area contributed by atoms with Gasteiger partial charge in [-0.15, -0.1) is 0 Å². The molecule has 7 heteroatoms. The van der Waals surface area contributed by atoms with Crippen LogP contribution in [0.15, 0.2) is 42.5 Å². The second-order valence-electron chi connectivity index (χ2n) is 7.81. The first kappa shape index (κ1) is 20.4. The van der Waals surface area contributed by atoms with Crippen molar-refractivity contribution in [2.75, 3.05) is 50.9 Å². The van der Waals surface area contributed by atoms with Crippen LogP contribution in [0.3, 0.4) is 0 Å². The molecule has 2 N–H and O–H groups in total. The van der Waals surface area contributed by atoms with Crippen LogP contribution in [-0.2, 0) is 16.1 Å². The van der Waals surface area contributed by atoms with Crippen LogP contribution < -0.4 is 19.9 Å². The maximum atomic E-state index is 12.6. The molecule has 0 atom stereocenters. The molecule has 0 unspecified atom stereocenters. The number of morpholine rings is 1. The third-order valence-electron chi connectivity index (χ3n) is 5.55. The van der Waals surface area contributed by atoms with Gasteiger partial charge in [0.15, 0.2) is 6.61 Å². The number of benzene rings is 2. The molecule has 0 saturated carbocycles. The van der Waals surface area contributed by atoms with E-state index in [0.717, 1.165) is 49.7 Å². The largest absolute Gasteiger partial charge is 0.482 e. The highest BCUT2D eigenvalue weighted by atomic mass is 16.5. The molecule has 2 aromatic rings. The summed E-state index contributed by atoms with van der Waals surface area (Å²) in [7, 11) is 0. The van der Waals surface area contributed by atoms with E-state index in [4.69, 9.17) is 9.47 Å². The summed E-state index contributed by atoms with van der Waals surface area (Å²) in [5, 5.41) is 3.01. The number of carbonyl (C=O) groups is 2. The van der Waals surface area contributed by atoms with Gasteiger partial charge < -0.3 is 24.6 Å². The number of amides is 2. The van der Waals surface area contributed by atoms with Crippen LogP contribution in [0.1, 0.15) is 21.5 Å². The summed E-state index contributed by atoms with van der Waals surface area (Å²) in [6, 6.07) is 13.3. The second-order valence-corrected chi connectivity index (χ2v) is 7.81. The zero-order valence-corrected chi connectivity index (χ0v) is 17.3. The number of aryl methyl sites for hydroxylation is 1. The van der Waals surface area contributed by atoms with Crippen molar-refractivity contribution in [3.8, 4) is 5.75 Å². The highest BCUT2D eigenvalue weighted by Crippen LogP contribution is 2.33. The standard InChI is InChI=1S/C23H27N3O4/c1-17-5-6-21-20(13-17)26(22(27)16-30-21)15-18-3-2-4-19(14-18)23(28)24-7-8-25-9-11-29-12-10-25/h2-6,13-14H,7-12,15-16H2,1H3,(H,24,28)/p+1. The van der Waals surface area contributed by atoms with E-state index >= 15 is 0 Å². The molecule has 4 rings (SSSR count). The Morgan fingerprint density at radius 1 is 1.17 bits per heavy atom. The lowest BCUT2D eigenvalue weighted by Gasteiger charge is -2.30. The number of ether oxygens (including phenoxy) is 2. The van der Waals surface area contributed by atoms with E-state index in [9.17, 15) is 9.59 Å². The van der Waals surface area contributed by atoms with Crippen molar-refractivity contribution < 1.29 is 24.0 Å². The summed E-state index contributed by atoms with van der Waals surface area (Å²) >= 11 is 0. The summed E-state index contributed by atoms with van der Waals surface area (Å²) in [5.41, 5.74) is 3.35. The molecule has 158 valence electrons. The molecule has 0 bridgehead atoms. The van der Waals surface area contributed by atoms with Gasteiger partial charge in [0, 0.05) is 5.56 Å². The minimum atomic E-state index is -0.0888. The molecule has 30 heavy (non-hydrogen) atoms. The number of nitrogens with zero attached hydrogens (tertiary/aromatic N) is 1. The Labute approximate surface area is 176 Å².